The fourth-order valence-electron chi connectivity index (χ4n) is 6.28. The summed E-state index contributed by atoms with van der Waals surface area (Å²) in [4.78, 5) is 16.6. The summed E-state index contributed by atoms with van der Waals surface area (Å²) in [5.74, 6) is 0. The number of quaternary nitrogens is 1. The van der Waals surface area contributed by atoms with E-state index >= 15 is 0 Å². The molecule has 0 spiro atoms. The van der Waals surface area contributed by atoms with Crippen LogP contribution in [0.5, 0.6) is 0 Å². The summed E-state index contributed by atoms with van der Waals surface area (Å²) in [6.45, 7) is 11.3. The minimum absolute atomic E-state index is 0. The third kappa shape index (κ3) is 57.0. The van der Waals surface area contributed by atoms with Crippen LogP contribution in [0.2, 0.25) is 0 Å². The molecule has 10 heteroatoms. The van der Waals surface area contributed by atoms with Crippen LogP contribution in [-0.4, -0.2) is 46.5 Å². The first-order valence-corrected chi connectivity index (χ1v) is 19.6. The first-order chi connectivity index (χ1) is 22.1. The van der Waals surface area contributed by atoms with Crippen LogP contribution in [0.15, 0.2) is 0 Å². The molecule has 0 aromatic heterocycles. The fourth-order valence-corrected chi connectivity index (χ4v) is 6.28. The normalized spacial score (nSPS) is 10.7. The third-order valence-corrected chi connectivity index (χ3v) is 9.15. The van der Waals surface area contributed by atoms with Gasteiger partial charge in [-0.1, -0.05) is 175 Å². The number of rotatable bonds is 33. The van der Waals surface area contributed by atoms with E-state index < -0.39 is 10.2 Å². The number of hydrogen-bond acceptors (Lipinski definition) is 6. The molecule has 0 radical (unpaired) electrons. The molecular weight excluding hydrogens is 596 g/mol. The van der Waals surface area contributed by atoms with Crippen molar-refractivity contribution in [1.29, 1.82) is 0 Å². The average molecular weight is 679 g/mol. The highest BCUT2D eigenvalue weighted by atomic mass is 16.9. The van der Waals surface area contributed by atoms with Gasteiger partial charge in [-0.2, -0.15) is 0 Å². The number of unbranched alkanes of at least 4 members (excludes halogenated alkanes) is 27. The van der Waals surface area contributed by atoms with Crippen molar-refractivity contribution in [1.82, 2.24) is 6.15 Å². The van der Waals surface area contributed by atoms with Crippen molar-refractivity contribution in [3.05, 3.63) is 25.4 Å². The predicted molar refractivity (Wildman–Crippen MR) is 200 cm³/mol. The van der Waals surface area contributed by atoms with Gasteiger partial charge in [-0.3, -0.25) is 0 Å². The lowest BCUT2D eigenvalue weighted by Gasteiger charge is -2.35. The summed E-state index contributed by atoms with van der Waals surface area (Å²) in [6, 6.07) is 0. The maximum Gasteiger partial charge on any atom is 0.291 e. The molecule has 0 saturated heterocycles. The standard InChI is InChI=1S/C37H78N.HNO3.NO3.H3N/c1-5-8-11-14-17-20-23-26-29-32-35-38(4,36-33-30-27-24-21-18-15-12-9-6-2)37-34-31-28-25-22-19-16-13-10-7-3;2*2-1(3)4;/h5-37H2,1-4H3;(H,2,3,4);;1H3/q+1;;-1;. The van der Waals surface area contributed by atoms with Gasteiger partial charge in [0.2, 0.25) is 0 Å². The first kappa shape index (κ1) is 52.1. The second kappa shape index (κ2) is 44.3. The van der Waals surface area contributed by atoms with Gasteiger partial charge in [-0.15, -0.1) is 10.1 Å². The molecule has 0 atom stereocenters. The van der Waals surface area contributed by atoms with E-state index in [1.165, 1.54) is 217 Å². The van der Waals surface area contributed by atoms with Gasteiger partial charge >= 0.3 is 0 Å². The summed E-state index contributed by atoms with van der Waals surface area (Å²) in [5, 5.41) is 28.4. The quantitative estimate of drug-likeness (QED) is 0.0301. The van der Waals surface area contributed by atoms with E-state index in [2.05, 4.69) is 27.8 Å². The minimum atomic E-state index is -1.75. The van der Waals surface area contributed by atoms with E-state index in [-0.39, 0.29) is 6.15 Å². The molecular formula is C37H82N4O6. The van der Waals surface area contributed by atoms with Gasteiger partial charge in [-0.25, -0.2) is 0 Å². The fraction of sp³-hybridized carbons (Fsp3) is 1.00. The first-order valence-electron chi connectivity index (χ1n) is 19.6. The molecule has 0 aliphatic rings. The monoisotopic (exact) mass is 679 g/mol. The van der Waals surface area contributed by atoms with Crippen LogP contribution < -0.4 is 6.15 Å². The Kier molecular flexibility index (Phi) is 49.2. The van der Waals surface area contributed by atoms with Crippen LogP contribution in [0.1, 0.15) is 213 Å². The van der Waals surface area contributed by atoms with Gasteiger partial charge in [0, 0.05) is 0 Å². The van der Waals surface area contributed by atoms with Crippen LogP contribution in [-0.2, 0) is 0 Å². The SMILES string of the molecule is CCCCCCCCCCCC[N+](C)(CCCCCCCCCCCC)CCCCCCCCCCCC.N.O=[N+]([O-])O.O=[N+]([O-])[O-]. The van der Waals surface area contributed by atoms with E-state index in [9.17, 15) is 0 Å². The minimum Gasteiger partial charge on any atom is -0.356 e. The average Bonchev–Trinajstić information content (AvgIpc) is 2.99. The Morgan fingerprint density at radius 2 is 0.532 bits per heavy atom. The summed E-state index contributed by atoms with van der Waals surface area (Å²) < 4.78 is 1.37. The summed E-state index contributed by atoms with van der Waals surface area (Å²) in [6.07, 6.45) is 43.8. The summed E-state index contributed by atoms with van der Waals surface area (Å²) >= 11 is 0. The van der Waals surface area contributed by atoms with Crippen LogP contribution in [0.25, 0.3) is 0 Å². The lowest BCUT2D eigenvalue weighted by Crippen LogP contribution is -2.46. The Hall–Kier alpha value is -1.68. The maximum atomic E-state index is 8.36. The van der Waals surface area contributed by atoms with Gasteiger partial charge in [0.15, 0.2) is 0 Å². The van der Waals surface area contributed by atoms with Crippen molar-refractivity contribution in [2.45, 2.75) is 213 Å². The zero-order valence-electron chi connectivity index (χ0n) is 31.9. The molecule has 0 aromatic rings. The van der Waals surface area contributed by atoms with Crippen molar-refractivity contribution >= 4 is 0 Å². The molecule has 10 nitrogen and oxygen atoms in total. The topological polar surface area (TPSA) is 165 Å². The van der Waals surface area contributed by atoms with Gasteiger partial charge in [0.25, 0.3) is 5.09 Å². The molecule has 47 heavy (non-hydrogen) atoms. The molecule has 0 aromatic carbocycles. The maximum absolute atomic E-state index is 8.36. The molecule has 286 valence electrons. The van der Waals surface area contributed by atoms with Crippen molar-refractivity contribution in [3.8, 4) is 0 Å². The zero-order chi connectivity index (χ0) is 35.0. The summed E-state index contributed by atoms with van der Waals surface area (Å²) in [7, 11) is 2.61. The van der Waals surface area contributed by atoms with Gasteiger partial charge in [0.05, 0.1) is 31.8 Å². The van der Waals surface area contributed by atoms with Crippen molar-refractivity contribution in [2.75, 3.05) is 26.7 Å². The van der Waals surface area contributed by atoms with Crippen molar-refractivity contribution in [3.63, 3.8) is 0 Å². The highest BCUT2D eigenvalue weighted by Crippen LogP contribution is 2.18. The molecule has 0 amide bonds. The lowest BCUT2D eigenvalue weighted by atomic mass is 10.0. The van der Waals surface area contributed by atoms with Gasteiger partial charge < -0.3 is 31.2 Å². The number of hydrogen-bond donors (Lipinski definition) is 2. The van der Waals surface area contributed by atoms with E-state index in [0.717, 1.165) is 0 Å². The van der Waals surface area contributed by atoms with Gasteiger partial charge in [0.1, 0.15) is 0 Å². The molecule has 0 aliphatic carbocycles. The van der Waals surface area contributed by atoms with Crippen LogP contribution in [0.4, 0.5) is 0 Å². The van der Waals surface area contributed by atoms with E-state index in [4.69, 9.17) is 30.6 Å². The molecule has 0 unspecified atom stereocenters. The molecule has 0 saturated carbocycles. The highest BCUT2D eigenvalue weighted by molar-refractivity contribution is 4.53. The number of nitrogens with zero attached hydrogens (tertiary/aromatic N) is 3. The van der Waals surface area contributed by atoms with Crippen molar-refractivity contribution in [2.24, 2.45) is 0 Å². The van der Waals surface area contributed by atoms with Gasteiger partial charge in [-0.05, 0) is 38.5 Å². The molecule has 0 rings (SSSR count). The third-order valence-electron chi connectivity index (χ3n) is 9.15. The molecule has 0 fully saturated rings. The Morgan fingerprint density at radius 3 is 0.681 bits per heavy atom. The van der Waals surface area contributed by atoms with E-state index in [0.29, 0.717) is 0 Å². The van der Waals surface area contributed by atoms with E-state index in [1.54, 1.807) is 0 Å². The Morgan fingerprint density at radius 1 is 0.404 bits per heavy atom. The smallest absolute Gasteiger partial charge is 0.291 e. The molecule has 0 bridgehead atoms. The molecule has 0 aliphatic heterocycles. The predicted octanol–water partition coefficient (Wildman–Crippen LogP) is 12.8. The Balaban J connectivity index is -0.000000914. The van der Waals surface area contributed by atoms with Crippen molar-refractivity contribution < 1.29 is 19.9 Å². The van der Waals surface area contributed by atoms with Crippen LogP contribution in [0, 0.1) is 25.4 Å². The second-order valence-electron chi connectivity index (χ2n) is 13.8. The van der Waals surface area contributed by atoms with E-state index in [1.807, 2.05) is 0 Å². The Labute approximate surface area is 291 Å². The largest absolute Gasteiger partial charge is 0.356 e. The van der Waals surface area contributed by atoms with Crippen LogP contribution >= 0.6 is 0 Å². The lowest BCUT2D eigenvalue weighted by molar-refractivity contribution is -0.910. The van der Waals surface area contributed by atoms with Crippen LogP contribution in [0.3, 0.4) is 0 Å². The highest BCUT2D eigenvalue weighted by Gasteiger charge is 2.20. The second-order valence-corrected chi connectivity index (χ2v) is 13.8. The molecule has 4 N–H and O–H groups in total. The molecule has 0 heterocycles. The Bertz CT molecular complexity index is 534. The summed E-state index contributed by atoms with van der Waals surface area (Å²) in [5.41, 5.74) is 0. The zero-order valence-corrected chi connectivity index (χ0v) is 31.9.